The molecule has 5 nitrogen and oxygen atoms in total. The molecule has 0 radical (unpaired) electrons. The minimum atomic E-state index is -0.743. The summed E-state index contributed by atoms with van der Waals surface area (Å²) < 4.78 is 0. The highest BCUT2D eigenvalue weighted by molar-refractivity contribution is 6.02. The average molecular weight is 181 g/mol. The quantitative estimate of drug-likeness (QED) is 0.384. The molecule has 6 N–H and O–H groups in total. The molecular formula is C8H11N3O2. The normalized spacial score (nSPS) is 9.62. The number of hydrogen-bond acceptors (Lipinski definition) is 4. The predicted molar refractivity (Wildman–Crippen MR) is 50.6 cm³/mol. The Morgan fingerprint density at radius 1 is 1.54 bits per heavy atom. The van der Waals surface area contributed by atoms with E-state index in [1.807, 2.05) is 0 Å². The fourth-order valence-corrected chi connectivity index (χ4v) is 1.07. The topological polar surface area (TPSA) is 101 Å². The van der Waals surface area contributed by atoms with E-state index in [-0.39, 0.29) is 17.0 Å². The van der Waals surface area contributed by atoms with Gasteiger partial charge in [0.05, 0.1) is 5.69 Å². The minimum absolute atomic E-state index is 0.0492. The molecule has 70 valence electrons. The smallest absolute Gasteiger partial charge is 0.254 e. The first-order chi connectivity index (χ1) is 6.07. The van der Waals surface area contributed by atoms with Crippen LogP contribution in [0.15, 0.2) is 12.1 Å². The largest absolute Gasteiger partial charge is 0.505 e. The number of anilines is 2. The third kappa shape index (κ3) is 1.48. The Morgan fingerprint density at radius 3 is 2.62 bits per heavy atom. The Labute approximate surface area is 75.3 Å². The zero-order valence-electron chi connectivity index (χ0n) is 7.16. The van der Waals surface area contributed by atoms with Crippen molar-refractivity contribution in [2.75, 3.05) is 18.1 Å². The molecule has 1 rings (SSSR count). The molecule has 0 aliphatic rings. The summed E-state index contributed by atoms with van der Waals surface area (Å²) in [5.74, 6) is -0.956. The second kappa shape index (κ2) is 3.22. The van der Waals surface area contributed by atoms with Gasteiger partial charge in [-0.2, -0.15) is 0 Å². The molecule has 5 heteroatoms. The van der Waals surface area contributed by atoms with Crippen LogP contribution in [0.3, 0.4) is 0 Å². The van der Waals surface area contributed by atoms with Crippen molar-refractivity contribution >= 4 is 17.3 Å². The first-order valence-corrected chi connectivity index (χ1v) is 3.67. The maximum absolute atomic E-state index is 10.9. The van der Waals surface area contributed by atoms with E-state index >= 15 is 0 Å². The number of rotatable bonds is 2. The zero-order valence-corrected chi connectivity index (χ0v) is 7.16. The molecular weight excluding hydrogens is 170 g/mol. The lowest BCUT2D eigenvalue weighted by Gasteiger charge is -2.08. The number of nitrogen functional groups attached to an aromatic ring is 1. The summed E-state index contributed by atoms with van der Waals surface area (Å²) in [5.41, 5.74) is 11.0. The van der Waals surface area contributed by atoms with E-state index in [9.17, 15) is 9.90 Å². The molecule has 1 amide bonds. The number of amides is 1. The van der Waals surface area contributed by atoms with Crippen molar-refractivity contribution in [3.05, 3.63) is 17.7 Å². The van der Waals surface area contributed by atoms with Gasteiger partial charge in [-0.15, -0.1) is 0 Å². The molecule has 0 fully saturated rings. The standard InChI is InChI=1S/C8H11N3O2/c1-11-5-3-2-4(9)6(7(5)12)8(10)13/h2-3,11-12H,9H2,1H3,(H2,10,13). The van der Waals surface area contributed by atoms with Crippen molar-refractivity contribution in [2.24, 2.45) is 5.73 Å². The Bertz CT molecular complexity index is 349. The van der Waals surface area contributed by atoms with E-state index < -0.39 is 5.91 Å². The predicted octanol–water partition coefficient (Wildman–Crippen LogP) is 0.115. The van der Waals surface area contributed by atoms with E-state index in [1.54, 1.807) is 13.1 Å². The molecule has 0 aliphatic carbocycles. The van der Waals surface area contributed by atoms with Crippen molar-refractivity contribution in [3.8, 4) is 5.75 Å². The van der Waals surface area contributed by atoms with E-state index in [0.717, 1.165) is 0 Å². The fourth-order valence-electron chi connectivity index (χ4n) is 1.07. The van der Waals surface area contributed by atoms with Gasteiger partial charge in [0.15, 0.2) is 5.75 Å². The summed E-state index contributed by atoms with van der Waals surface area (Å²) in [6.07, 6.45) is 0. The van der Waals surface area contributed by atoms with Gasteiger partial charge in [0.25, 0.3) is 5.91 Å². The molecule has 1 aromatic carbocycles. The lowest BCUT2D eigenvalue weighted by atomic mass is 10.1. The highest BCUT2D eigenvalue weighted by atomic mass is 16.3. The number of primary amides is 1. The van der Waals surface area contributed by atoms with Crippen LogP contribution in [-0.2, 0) is 0 Å². The lowest BCUT2D eigenvalue weighted by Crippen LogP contribution is -2.14. The molecule has 13 heavy (non-hydrogen) atoms. The third-order valence-electron chi connectivity index (χ3n) is 1.73. The highest BCUT2D eigenvalue weighted by Gasteiger charge is 2.14. The molecule has 0 aliphatic heterocycles. The summed E-state index contributed by atoms with van der Waals surface area (Å²) in [4.78, 5) is 10.9. The van der Waals surface area contributed by atoms with Crippen molar-refractivity contribution in [1.29, 1.82) is 0 Å². The summed E-state index contributed by atoms with van der Waals surface area (Å²) in [6.45, 7) is 0. The Hall–Kier alpha value is -1.91. The minimum Gasteiger partial charge on any atom is -0.505 e. The third-order valence-corrected chi connectivity index (χ3v) is 1.73. The first-order valence-electron chi connectivity index (χ1n) is 3.67. The van der Waals surface area contributed by atoms with Gasteiger partial charge in [-0.1, -0.05) is 0 Å². The molecule has 0 heterocycles. The number of nitrogens with two attached hydrogens (primary N) is 2. The zero-order chi connectivity index (χ0) is 10.0. The number of hydrogen-bond donors (Lipinski definition) is 4. The van der Waals surface area contributed by atoms with Crippen LogP contribution >= 0.6 is 0 Å². The van der Waals surface area contributed by atoms with E-state index in [2.05, 4.69) is 5.32 Å². The van der Waals surface area contributed by atoms with Crippen LogP contribution in [-0.4, -0.2) is 18.1 Å². The van der Waals surface area contributed by atoms with Gasteiger partial charge in [0.2, 0.25) is 0 Å². The van der Waals surface area contributed by atoms with E-state index in [0.29, 0.717) is 5.69 Å². The molecule has 0 aromatic heterocycles. The molecule has 0 saturated heterocycles. The molecule has 0 atom stereocenters. The second-order valence-electron chi connectivity index (χ2n) is 2.54. The summed E-state index contributed by atoms with van der Waals surface area (Å²) in [5, 5.41) is 12.2. The number of aromatic hydroxyl groups is 1. The molecule has 1 aromatic rings. The van der Waals surface area contributed by atoms with Crippen LogP contribution in [0.5, 0.6) is 5.75 Å². The van der Waals surface area contributed by atoms with Gasteiger partial charge in [-0.05, 0) is 12.1 Å². The summed E-state index contributed by atoms with van der Waals surface area (Å²) in [6, 6.07) is 3.07. The van der Waals surface area contributed by atoms with Gasteiger partial charge in [-0.3, -0.25) is 4.79 Å². The van der Waals surface area contributed by atoms with Crippen LogP contribution in [0.25, 0.3) is 0 Å². The summed E-state index contributed by atoms with van der Waals surface area (Å²) in [7, 11) is 1.62. The Balaban J connectivity index is 3.38. The Morgan fingerprint density at radius 2 is 2.15 bits per heavy atom. The molecule has 0 saturated carbocycles. The SMILES string of the molecule is CNc1ccc(N)c(C(N)=O)c1O. The average Bonchev–Trinajstić information content (AvgIpc) is 2.04. The molecule has 0 spiro atoms. The van der Waals surface area contributed by atoms with Crippen LogP contribution in [0.4, 0.5) is 11.4 Å². The lowest BCUT2D eigenvalue weighted by molar-refractivity contribution is 0.0999. The second-order valence-corrected chi connectivity index (χ2v) is 2.54. The van der Waals surface area contributed by atoms with Crippen molar-refractivity contribution in [3.63, 3.8) is 0 Å². The van der Waals surface area contributed by atoms with Crippen molar-refractivity contribution in [2.45, 2.75) is 0 Å². The van der Waals surface area contributed by atoms with Crippen LogP contribution < -0.4 is 16.8 Å². The first kappa shape index (κ1) is 9.18. The fraction of sp³-hybridized carbons (Fsp3) is 0.125. The van der Waals surface area contributed by atoms with Gasteiger partial charge in [-0.25, -0.2) is 0 Å². The maximum Gasteiger partial charge on any atom is 0.254 e. The van der Waals surface area contributed by atoms with Crippen LogP contribution in [0.1, 0.15) is 10.4 Å². The molecule has 0 bridgehead atoms. The van der Waals surface area contributed by atoms with Gasteiger partial charge < -0.3 is 21.9 Å². The maximum atomic E-state index is 10.9. The number of carbonyl (C=O) groups excluding carboxylic acids is 1. The summed E-state index contributed by atoms with van der Waals surface area (Å²) >= 11 is 0. The van der Waals surface area contributed by atoms with Gasteiger partial charge in [0.1, 0.15) is 5.56 Å². The van der Waals surface area contributed by atoms with E-state index in [4.69, 9.17) is 11.5 Å². The molecule has 0 unspecified atom stereocenters. The van der Waals surface area contributed by atoms with Crippen molar-refractivity contribution in [1.82, 2.24) is 0 Å². The monoisotopic (exact) mass is 181 g/mol. The van der Waals surface area contributed by atoms with Gasteiger partial charge >= 0.3 is 0 Å². The van der Waals surface area contributed by atoms with Crippen molar-refractivity contribution < 1.29 is 9.90 Å². The highest BCUT2D eigenvalue weighted by Crippen LogP contribution is 2.30. The van der Waals surface area contributed by atoms with E-state index in [1.165, 1.54) is 6.07 Å². The number of benzene rings is 1. The van der Waals surface area contributed by atoms with Gasteiger partial charge in [0, 0.05) is 12.7 Å². The number of carbonyl (C=O) groups is 1. The van der Waals surface area contributed by atoms with Crippen LogP contribution in [0, 0.1) is 0 Å². The Kier molecular flexibility index (Phi) is 2.27. The number of phenols is 1. The number of nitrogens with one attached hydrogen (secondary N) is 1. The van der Waals surface area contributed by atoms with Crippen LogP contribution in [0.2, 0.25) is 0 Å².